The van der Waals surface area contributed by atoms with E-state index in [0.717, 1.165) is 22.0 Å². The SMILES string of the molecule is CNc1nccc(-c2cccnc2Oc2ccc(Nc3nnc(-c4ccccc4F)c4ccccc34)cc2)n1. The van der Waals surface area contributed by atoms with E-state index in [1.807, 2.05) is 60.7 Å². The average Bonchev–Trinajstić information content (AvgIpc) is 2.99. The van der Waals surface area contributed by atoms with Gasteiger partial charge in [0, 0.05) is 41.5 Å². The largest absolute Gasteiger partial charge is 0.438 e. The van der Waals surface area contributed by atoms with E-state index in [9.17, 15) is 4.39 Å². The fourth-order valence-electron chi connectivity index (χ4n) is 4.20. The average molecular weight is 516 g/mol. The second-order valence-corrected chi connectivity index (χ2v) is 8.55. The molecule has 0 spiro atoms. The van der Waals surface area contributed by atoms with Crippen LogP contribution >= 0.6 is 0 Å². The van der Waals surface area contributed by atoms with Crippen molar-refractivity contribution >= 4 is 28.2 Å². The number of nitrogens with zero attached hydrogens (tertiary/aromatic N) is 5. The molecule has 6 rings (SSSR count). The van der Waals surface area contributed by atoms with Crippen molar-refractivity contribution in [2.75, 3.05) is 17.7 Å². The minimum absolute atomic E-state index is 0.341. The number of pyridine rings is 1. The van der Waals surface area contributed by atoms with Gasteiger partial charge in [0.25, 0.3) is 0 Å². The third-order valence-electron chi connectivity index (χ3n) is 6.07. The molecule has 39 heavy (non-hydrogen) atoms. The van der Waals surface area contributed by atoms with E-state index >= 15 is 0 Å². The number of nitrogens with one attached hydrogen (secondary N) is 2. The number of hydrogen-bond acceptors (Lipinski definition) is 8. The molecule has 6 aromatic rings. The first kappa shape index (κ1) is 23.9. The van der Waals surface area contributed by atoms with Crippen molar-refractivity contribution in [1.29, 1.82) is 0 Å². The van der Waals surface area contributed by atoms with Gasteiger partial charge >= 0.3 is 0 Å². The lowest BCUT2D eigenvalue weighted by Crippen LogP contribution is -2.00. The van der Waals surface area contributed by atoms with Crippen LogP contribution in [0.4, 0.5) is 21.8 Å². The summed E-state index contributed by atoms with van der Waals surface area (Å²) in [5.74, 6) is 1.77. The smallest absolute Gasteiger partial charge is 0.228 e. The van der Waals surface area contributed by atoms with Crippen molar-refractivity contribution in [3.05, 3.63) is 109 Å². The van der Waals surface area contributed by atoms with Crippen LogP contribution in [0.3, 0.4) is 0 Å². The van der Waals surface area contributed by atoms with Gasteiger partial charge in [-0.3, -0.25) is 0 Å². The first-order valence-corrected chi connectivity index (χ1v) is 12.2. The first-order valence-electron chi connectivity index (χ1n) is 12.2. The highest BCUT2D eigenvalue weighted by atomic mass is 19.1. The molecule has 0 unspecified atom stereocenters. The third-order valence-corrected chi connectivity index (χ3v) is 6.07. The fourth-order valence-corrected chi connectivity index (χ4v) is 4.20. The number of ether oxygens (including phenoxy) is 1. The van der Waals surface area contributed by atoms with Crippen LogP contribution in [0.15, 0.2) is 103 Å². The zero-order chi connectivity index (χ0) is 26.6. The van der Waals surface area contributed by atoms with Crippen LogP contribution in [0.5, 0.6) is 11.6 Å². The first-order chi connectivity index (χ1) is 19.2. The van der Waals surface area contributed by atoms with Gasteiger partial charge in [0.15, 0.2) is 5.82 Å². The highest BCUT2D eigenvalue weighted by Crippen LogP contribution is 2.34. The Morgan fingerprint density at radius 2 is 1.49 bits per heavy atom. The van der Waals surface area contributed by atoms with Gasteiger partial charge < -0.3 is 15.4 Å². The summed E-state index contributed by atoms with van der Waals surface area (Å²) in [6.07, 6.45) is 3.35. The molecule has 0 fully saturated rings. The predicted octanol–water partition coefficient (Wildman–Crippen LogP) is 6.87. The van der Waals surface area contributed by atoms with E-state index in [2.05, 4.69) is 35.8 Å². The van der Waals surface area contributed by atoms with Gasteiger partial charge in [-0.25, -0.2) is 19.3 Å². The topological polar surface area (TPSA) is 97.7 Å². The Bertz CT molecular complexity index is 1780. The normalized spacial score (nSPS) is 10.8. The van der Waals surface area contributed by atoms with Crippen molar-refractivity contribution in [1.82, 2.24) is 25.1 Å². The standard InChI is InChI=1S/C30H22FN7O/c1-32-30-34-18-16-26(36-30)24-10-6-17-33-29(24)39-20-14-12-19(13-15-20)35-28-22-8-3-2-7-21(22)27(37-38-28)23-9-4-5-11-25(23)31/h2-18H,1H3,(H,35,38)(H,32,34,36). The molecule has 0 bridgehead atoms. The molecule has 2 N–H and O–H groups in total. The Hall–Kier alpha value is -5.44. The zero-order valence-electron chi connectivity index (χ0n) is 20.8. The van der Waals surface area contributed by atoms with Crippen LogP contribution in [-0.2, 0) is 0 Å². The molecule has 0 aliphatic carbocycles. The Labute approximate surface area is 223 Å². The number of hydrogen-bond donors (Lipinski definition) is 2. The summed E-state index contributed by atoms with van der Waals surface area (Å²) >= 11 is 0. The number of anilines is 3. The molecule has 0 atom stereocenters. The second-order valence-electron chi connectivity index (χ2n) is 8.55. The Balaban J connectivity index is 1.26. The molecule has 0 saturated carbocycles. The molecular weight excluding hydrogens is 493 g/mol. The van der Waals surface area contributed by atoms with Gasteiger partial charge in [-0.15, -0.1) is 10.2 Å². The number of aromatic nitrogens is 5. The number of rotatable bonds is 7. The zero-order valence-corrected chi connectivity index (χ0v) is 20.8. The number of benzene rings is 3. The van der Waals surface area contributed by atoms with E-state index in [1.54, 1.807) is 43.7 Å². The highest BCUT2D eigenvalue weighted by Gasteiger charge is 2.15. The molecule has 3 heterocycles. The minimum Gasteiger partial charge on any atom is -0.438 e. The maximum atomic E-state index is 14.5. The summed E-state index contributed by atoms with van der Waals surface area (Å²) in [6, 6.07) is 27.2. The van der Waals surface area contributed by atoms with Crippen LogP contribution in [0.25, 0.3) is 33.3 Å². The summed E-state index contributed by atoms with van der Waals surface area (Å²) < 4.78 is 20.6. The van der Waals surface area contributed by atoms with Gasteiger partial charge in [-0.05, 0) is 54.6 Å². The van der Waals surface area contributed by atoms with Crippen molar-refractivity contribution in [3.63, 3.8) is 0 Å². The van der Waals surface area contributed by atoms with Crippen LogP contribution in [-0.4, -0.2) is 32.2 Å². The van der Waals surface area contributed by atoms with Gasteiger partial charge in [-0.2, -0.15) is 0 Å². The van der Waals surface area contributed by atoms with Crippen molar-refractivity contribution in [2.45, 2.75) is 0 Å². The molecule has 3 aromatic heterocycles. The summed E-state index contributed by atoms with van der Waals surface area (Å²) in [7, 11) is 1.77. The summed E-state index contributed by atoms with van der Waals surface area (Å²) in [5, 5.41) is 16.6. The predicted molar refractivity (Wildman–Crippen MR) is 150 cm³/mol. The molecule has 0 radical (unpaired) electrons. The molecule has 9 heteroatoms. The molecule has 3 aromatic carbocycles. The van der Waals surface area contributed by atoms with E-state index in [4.69, 9.17) is 4.74 Å². The molecule has 0 aliphatic heterocycles. The summed E-state index contributed by atoms with van der Waals surface area (Å²) in [5.41, 5.74) is 3.13. The van der Waals surface area contributed by atoms with Crippen LogP contribution < -0.4 is 15.4 Å². The van der Waals surface area contributed by atoms with E-state index < -0.39 is 0 Å². The van der Waals surface area contributed by atoms with Gasteiger partial charge in [-0.1, -0.05) is 36.4 Å². The van der Waals surface area contributed by atoms with Crippen LogP contribution in [0, 0.1) is 5.82 Å². The highest BCUT2D eigenvalue weighted by molar-refractivity contribution is 6.00. The lowest BCUT2D eigenvalue weighted by molar-refractivity contribution is 0.465. The van der Waals surface area contributed by atoms with Crippen molar-refractivity contribution in [3.8, 4) is 34.1 Å². The molecule has 0 amide bonds. The second kappa shape index (κ2) is 10.5. The van der Waals surface area contributed by atoms with E-state index in [1.165, 1.54) is 6.07 Å². The van der Waals surface area contributed by atoms with E-state index in [0.29, 0.717) is 40.3 Å². The Morgan fingerprint density at radius 3 is 2.31 bits per heavy atom. The quantitative estimate of drug-likeness (QED) is 0.238. The Morgan fingerprint density at radius 1 is 0.718 bits per heavy atom. The van der Waals surface area contributed by atoms with Crippen molar-refractivity contribution in [2.24, 2.45) is 0 Å². The molecule has 0 aliphatic rings. The monoisotopic (exact) mass is 515 g/mol. The van der Waals surface area contributed by atoms with Gasteiger partial charge in [0.05, 0.1) is 11.3 Å². The summed E-state index contributed by atoms with van der Waals surface area (Å²) in [4.78, 5) is 13.1. The summed E-state index contributed by atoms with van der Waals surface area (Å²) in [6.45, 7) is 0. The van der Waals surface area contributed by atoms with Crippen LogP contribution in [0.1, 0.15) is 0 Å². The molecule has 190 valence electrons. The minimum atomic E-state index is -0.341. The molecule has 0 saturated heterocycles. The molecule has 8 nitrogen and oxygen atoms in total. The fraction of sp³-hybridized carbons (Fsp3) is 0.0333. The maximum Gasteiger partial charge on any atom is 0.228 e. The van der Waals surface area contributed by atoms with Gasteiger partial charge in [0.2, 0.25) is 11.8 Å². The third kappa shape index (κ3) is 4.93. The van der Waals surface area contributed by atoms with Crippen LogP contribution in [0.2, 0.25) is 0 Å². The molecular formula is C30H22FN7O. The maximum absolute atomic E-state index is 14.5. The lowest BCUT2D eigenvalue weighted by Gasteiger charge is -2.13. The van der Waals surface area contributed by atoms with Crippen molar-refractivity contribution < 1.29 is 9.13 Å². The lowest BCUT2D eigenvalue weighted by atomic mass is 10.0. The number of fused-ring (bicyclic) bond motifs is 1. The van der Waals surface area contributed by atoms with E-state index in [-0.39, 0.29) is 5.82 Å². The number of halogens is 1. The Kier molecular flexibility index (Phi) is 6.45. The van der Waals surface area contributed by atoms with Gasteiger partial charge in [0.1, 0.15) is 17.3 Å².